The van der Waals surface area contributed by atoms with Gasteiger partial charge in [-0.2, -0.15) is 0 Å². The second kappa shape index (κ2) is 9.53. The van der Waals surface area contributed by atoms with E-state index in [0.29, 0.717) is 0 Å². The SMILES string of the molecule is CC1(C)c2ccccc2-c2ccc(N(c3ccccc3)c3cccc4c3sc3ccc5c(sc6ccc7ccccc7c65)c34)cc21. The first-order chi connectivity index (χ1) is 22.6. The van der Waals surface area contributed by atoms with Crippen LogP contribution in [0.15, 0.2) is 140 Å². The quantitative estimate of drug-likeness (QED) is 0.189. The molecule has 0 radical (unpaired) electrons. The molecule has 0 fully saturated rings. The third-order valence-electron chi connectivity index (χ3n) is 10.0. The maximum absolute atomic E-state index is 2.46. The molecule has 0 bridgehead atoms. The van der Waals surface area contributed by atoms with Crippen LogP contribution in [0.3, 0.4) is 0 Å². The molecule has 1 aliphatic rings. The van der Waals surface area contributed by atoms with Crippen molar-refractivity contribution in [2.45, 2.75) is 19.3 Å². The molecule has 10 rings (SSSR count). The van der Waals surface area contributed by atoms with E-state index in [2.05, 4.69) is 158 Å². The van der Waals surface area contributed by atoms with Gasteiger partial charge in [0.2, 0.25) is 0 Å². The van der Waals surface area contributed by atoms with Crippen molar-refractivity contribution < 1.29 is 0 Å². The Morgan fingerprint density at radius 1 is 0.478 bits per heavy atom. The Kier molecular flexibility index (Phi) is 5.44. The minimum absolute atomic E-state index is 0.0646. The average molecular weight is 624 g/mol. The van der Waals surface area contributed by atoms with Crippen molar-refractivity contribution in [2.75, 3.05) is 4.90 Å². The molecule has 3 heteroatoms. The van der Waals surface area contributed by atoms with Gasteiger partial charge >= 0.3 is 0 Å². The molecule has 0 saturated carbocycles. The first-order valence-electron chi connectivity index (χ1n) is 15.9. The number of anilines is 3. The van der Waals surface area contributed by atoms with Crippen LogP contribution < -0.4 is 4.90 Å². The standard InChI is InChI=1S/C43H29NS2/c1-43(2)34-17-9-8-15-30(34)31-21-20-28(25-35(31)43)44(27-12-4-3-5-13-27)36-18-10-16-32-40-38(45-41(32)36)24-22-33-39-29-14-7-6-11-26(29)19-23-37(39)46-42(33)40/h3-25H,1-2H3. The fourth-order valence-electron chi connectivity index (χ4n) is 7.88. The third kappa shape index (κ3) is 3.56. The lowest BCUT2D eigenvalue weighted by atomic mass is 9.82. The summed E-state index contributed by atoms with van der Waals surface area (Å²) in [5.74, 6) is 0. The van der Waals surface area contributed by atoms with E-state index < -0.39 is 0 Å². The summed E-state index contributed by atoms with van der Waals surface area (Å²) in [6.07, 6.45) is 0. The highest BCUT2D eigenvalue weighted by Crippen LogP contribution is 2.53. The van der Waals surface area contributed by atoms with Gasteiger partial charge < -0.3 is 4.90 Å². The number of hydrogen-bond acceptors (Lipinski definition) is 3. The smallest absolute Gasteiger partial charge is 0.0640 e. The van der Waals surface area contributed by atoms with Crippen LogP contribution in [0, 0.1) is 0 Å². The van der Waals surface area contributed by atoms with E-state index in [9.17, 15) is 0 Å². The summed E-state index contributed by atoms with van der Waals surface area (Å²) in [5.41, 5.74) is 9.00. The molecule has 1 aliphatic carbocycles. The molecule has 2 heterocycles. The molecule has 0 N–H and O–H groups in total. The molecule has 7 aromatic carbocycles. The molecule has 9 aromatic rings. The van der Waals surface area contributed by atoms with Crippen LogP contribution in [0.4, 0.5) is 17.1 Å². The van der Waals surface area contributed by atoms with Crippen molar-refractivity contribution in [3.8, 4) is 11.1 Å². The highest BCUT2D eigenvalue weighted by atomic mass is 32.1. The Bertz CT molecular complexity index is 2670. The minimum Gasteiger partial charge on any atom is -0.309 e. The molecule has 0 saturated heterocycles. The maximum atomic E-state index is 2.46. The van der Waals surface area contributed by atoms with Crippen LogP contribution in [0.5, 0.6) is 0 Å². The summed E-state index contributed by atoms with van der Waals surface area (Å²) < 4.78 is 5.39. The van der Waals surface area contributed by atoms with Gasteiger partial charge in [-0.1, -0.05) is 111 Å². The van der Waals surface area contributed by atoms with E-state index in [0.717, 1.165) is 0 Å². The summed E-state index contributed by atoms with van der Waals surface area (Å²) in [6.45, 7) is 4.72. The van der Waals surface area contributed by atoms with Crippen LogP contribution in [-0.4, -0.2) is 0 Å². The number of nitrogens with zero attached hydrogens (tertiary/aromatic N) is 1. The van der Waals surface area contributed by atoms with Gasteiger partial charge in [0.25, 0.3) is 0 Å². The van der Waals surface area contributed by atoms with E-state index in [1.54, 1.807) is 0 Å². The van der Waals surface area contributed by atoms with Gasteiger partial charge in [-0.3, -0.25) is 0 Å². The lowest BCUT2D eigenvalue weighted by molar-refractivity contribution is 0.660. The van der Waals surface area contributed by atoms with Crippen molar-refractivity contribution in [3.63, 3.8) is 0 Å². The van der Waals surface area contributed by atoms with E-state index in [1.807, 2.05) is 22.7 Å². The van der Waals surface area contributed by atoms with Crippen molar-refractivity contribution in [3.05, 3.63) is 151 Å². The Morgan fingerprint density at radius 3 is 2.09 bits per heavy atom. The zero-order valence-corrected chi connectivity index (χ0v) is 27.2. The van der Waals surface area contributed by atoms with Gasteiger partial charge in [-0.15, -0.1) is 22.7 Å². The number of rotatable bonds is 3. The fraction of sp³-hybridized carbons (Fsp3) is 0.0698. The Balaban J connectivity index is 1.23. The predicted octanol–water partition coefficient (Wildman–Crippen LogP) is 13.4. The normalized spacial score (nSPS) is 13.6. The second-order valence-corrected chi connectivity index (χ2v) is 15.0. The zero-order chi connectivity index (χ0) is 30.6. The highest BCUT2D eigenvalue weighted by Gasteiger charge is 2.35. The molecule has 0 unspecified atom stereocenters. The summed E-state index contributed by atoms with van der Waals surface area (Å²) >= 11 is 3.85. The molecule has 1 nitrogen and oxygen atoms in total. The second-order valence-electron chi connectivity index (χ2n) is 12.9. The molecule has 46 heavy (non-hydrogen) atoms. The number of fused-ring (bicyclic) bond motifs is 12. The first kappa shape index (κ1) is 26.3. The Morgan fingerprint density at radius 2 is 1.17 bits per heavy atom. The van der Waals surface area contributed by atoms with Crippen molar-refractivity contribution in [1.29, 1.82) is 0 Å². The molecular formula is C43H29NS2. The van der Waals surface area contributed by atoms with Crippen LogP contribution in [-0.2, 0) is 5.41 Å². The van der Waals surface area contributed by atoms with Crippen LogP contribution in [0.2, 0.25) is 0 Å². The molecular weight excluding hydrogens is 595 g/mol. The van der Waals surface area contributed by atoms with E-state index in [1.165, 1.54) is 90.4 Å². The lowest BCUT2D eigenvalue weighted by Crippen LogP contribution is -2.16. The highest BCUT2D eigenvalue weighted by molar-refractivity contribution is 7.30. The molecule has 0 aliphatic heterocycles. The minimum atomic E-state index is -0.0646. The van der Waals surface area contributed by atoms with Crippen LogP contribution >= 0.6 is 22.7 Å². The molecule has 218 valence electrons. The Hall–Kier alpha value is -4.96. The van der Waals surface area contributed by atoms with Gasteiger partial charge in [0, 0.05) is 52.4 Å². The number of thiophene rings is 2. The van der Waals surface area contributed by atoms with Crippen LogP contribution in [0.25, 0.3) is 62.2 Å². The summed E-state index contributed by atoms with van der Waals surface area (Å²) in [6, 6.07) is 51.8. The van der Waals surface area contributed by atoms with Gasteiger partial charge in [0.1, 0.15) is 0 Å². The summed E-state index contributed by atoms with van der Waals surface area (Å²) in [4.78, 5) is 2.46. The average Bonchev–Trinajstić information content (AvgIpc) is 3.74. The van der Waals surface area contributed by atoms with E-state index in [-0.39, 0.29) is 5.41 Å². The van der Waals surface area contributed by atoms with Crippen molar-refractivity contribution >= 4 is 90.9 Å². The molecule has 0 amide bonds. The van der Waals surface area contributed by atoms with Gasteiger partial charge in [0.15, 0.2) is 0 Å². The number of benzene rings is 7. The molecule has 0 spiro atoms. The summed E-state index contributed by atoms with van der Waals surface area (Å²) in [7, 11) is 0. The number of para-hydroxylation sites is 1. The molecule has 0 atom stereocenters. The van der Waals surface area contributed by atoms with Crippen molar-refractivity contribution in [2.24, 2.45) is 0 Å². The Labute approximate surface area is 275 Å². The predicted molar refractivity (Wildman–Crippen MR) is 202 cm³/mol. The van der Waals surface area contributed by atoms with Gasteiger partial charge in [0.05, 0.1) is 10.4 Å². The lowest BCUT2D eigenvalue weighted by Gasteiger charge is -2.28. The maximum Gasteiger partial charge on any atom is 0.0640 e. The fourth-order valence-corrected chi connectivity index (χ4v) is 10.4. The summed E-state index contributed by atoms with van der Waals surface area (Å²) in [5, 5.41) is 8.07. The topological polar surface area (TPSA) is 3.24 Å². The van der Waals surface area contributed by atoms with Crippen LogP contribution in [0.1, 0.15) is 25.0 Å². The molecule has 2 aromatic heterocycles. The first-order valence-corrected chi connectivity index (χ1v) is 17.5. The van der Waals surface area contributed by atoms with Gasteiger partial charge in [-0.05, 0) is 75.5 Å². The monoisotopic (exact) mass is 623 g/mol. The zero-order valence-electron chi connectivity index (χ0n) is 25.5. The largest absolute Gasteiger partial charge is 0.309 e. The van der Waals surface area contributed by atoms with Crippen molar-refractivity contribution in [1.82, 2.24) is 0 Å². The van der Waals surface area contributed by atoms with Gasteiger partial charge in [-0.25, -0.2) is 0 Å². The van der Waals surface area contributed by atoms with E-state index >= 15 is 0 Å². The number of hydrogen-bond donors (Lipinski definition) is 0. The van der Waals surface area contributed by atoms with E-state index in [4.69, 9.17) is 0 Å². The third-order valence-corrected chi connectivity index (χ3v) is 12.4.